The molecule has 5 aromatic rings. The van der Waals surface area contributed by atoms with Crippen molar-refractivity contribution >= 4 is 52.0 Å². The standard InChI is InChI=1S/C30H26F2N6OS.C5H11NO.C2H6/c1-17-4-6-20(7-5-17)40-38-15-18-14-37(29-23(32)10-19(31)13-34-29)25-12-26-24(33-8-9-35(26)2)11-21(25)22-16-36(3)30(39)28(38)27(18)22;6-4-2-1-3-5-7;1-2/h4-7,10-13,15-16,33H,8-9,14H2,1-3H3;5H,1-4,6H2;1-2H3. The van der Waals surface area contributed by atoms with Crippen LogP contribution in [0.4, 0.5) is 31.7 Å². The van der Waals surface area contributed by atoms with E-state index in [1.807, 2.05) is 74.5 Å². The monoisotopic (exact) mass is 687 g/mol. The minimum atomic E-state index is -0.749. The molecule has 0 bridgehead atoms. The van der Waals surface area contributed by atoms with Gasteiger partial charge in [-0.2, -0.15) is 0 Å². The molecule has 0 radical (unpaired) electrons. The van der Waals surface area contributed by atoms with Gasteiger partial charge in [-0.25, -0.2) is 13.8 Å². The van der Waals surface area contributed by atoms with E-state index in [0.717, 1.165) is 94.1 Å². The predicted molar refractivity (Wildman–Crippen MR) is 197 cm³/mol. The minimum Gasteiger partial charge on any atom is -0.382 e. The van der Waals surface area contributed by atoms with Gasteiger partial charge in [-0.3, -0.25) is 8.77 Å². The molecular weight excluding hydrogens is 645 g/mol. The van der Waals surface area contributed by atoms with Crippen LogP contribution in [0.25, 0.3) is 22.0 Å². The second-order valence-electron chi connectivity index (χ2n) is 11.8. The van der Waals surface area contributed by atoms with E-state index in [4.69, 9.17) is 5.73 Å². The number of likely N-dealkylation sites (N-methyl/N-ethyl adjacent to an activating group) is 1. The molecule has 7 rings (SSSR count). The molecule has 2 aromatic carbocycles. The SMILES string of the molecule is CC.Cc1ccc(Sn2cc3c4c(cn(C)c(=O)c42)-c2cc4c(cc2N(c2ncc(F)cc2F)C3)N(C)CCN4)cc1.NCCCCC=O. The second kappa shape index (κ2) is 15.7. The number of halogens is 2. The topological polar surface area (TPSA) is 101 Å². The third-order valence-electron chi connectivity index (χ3n) is 8.41. The van der Waals surface area contributed by atoms with Crippen LogP contribution in [0.2, 0.25) is 0 Å². The fraction of sp³-hybridized carbons (Fsp3) is 0.324. The Hall–Kier alpha value is -4.68. The van der Waals surface area contributed by atoms with E-state index >= 15 is 4.39 Å². The van der Waals surface area contributed by atoms with Crippen molar-refractivity contribution in [2.45, 2.75) is 51.5 Å². The highest BCUT2D eigenvalue weighted by molar-refractivity contribution is 7.98. The number of benzene rings is 2. The second-order valence-corrected chi connectivity index (χ2v) is 12.8. The van der Waals surface area contributed by atoms with E-state index in [1.54, 1.807) is 16.5 Å². The summed E-state index contributed by atoms with van der Waals surface area (Å²) in [5.41, 5.74) is 12.0. The number of aldehydes is 1. The summed E-state index contributed by atoms with van der Waals surface area (Å²) in [6.45, 7) is 8.59. The fourth-order valence-electron chi connectivity index (χ4n) is 6.00. The molecule has 3 N–H and O–H groups in total. The Morgan fingerprint density at radius 2 is 1.78 bits per heavy atom. The number of carbonyl (C=O) groups is 1. The van der Waals surface area contributed by atoms with Gasteiger partial charge in [-0.1, -0.05) is 31.5 Å². The van der Waals surface area contributed by atoms with Gasteiger partial charge in [0.1, 0.15) is 17.6 Å². The first kappa shape index (κ1) is 35.6. The largest absolute Gasteiger partial charge is 0.382 e. The molecule has 2 aliphatic rings. The lowest BCUT2D eigenvalue weighted by molar-refractivity contribution is -0.107. The summed E-state index contributed by atoms with van der Waals surface area (Å²) >= 11 is 1.46. The number of nitrogens with two attached hydrogens (primary N) is 1. The summed E-state index contributed by atoms with van der Waals surface area (Å²) in [5.74, 6) is -1.46. The minimum absolute atomic E-state index is 0.0284. The number of aryl methyl sites for hydroxylation is 2. The van der Waals surface area contributed by atoms with Crippen LogP contribution in [0.5, 0.6) is 0 Å². The molecule has 3 aromatic heterocycles. The Kier molecular flexibility index (Phi) is 11.4. The van der Waals surface area contributed by atoms with E-state index in [1.165, 1.54) is 11.9 Å². The van der Waals surface area contributed by atoms with Crippen molar-refractivity contribution in [3.63, 3.8) is 0 Å². The summed E-state index contributed by atoms with van der Waals surface area (Å²) in [6, 6.07) is 13.1. The van der Waals surface area contributed by atoms with E-state index < -0.39 is 11.6 Å². The van der Waals surface area contributed by atoms with Crippen LogP contribution in [0.3, 0.4) is 0 Å². The third-order valence-corrected chi connectivity index (χ3v) is 9.38. The van der Waals surface area contributed by atoms with Gasteiger partial charge in [-0.05, 0) is 68.1 Å². The summed E-state index contributed by atoms with van der Waals surface area (Å²) in [4.78, 5) is 32.4. The number of carbonyl (C=O) groups excluding carboxylic acids is 1. The number of rotatable bonds is 7. The molecule has 0 amide bonds. The predicted octanol–water partition coefficient (Wildman–Crippen LogP) is 7.40. The number of hydrogen-bond donors (Lipinski definition) is 2. The fourth-order valence-corrected chi connectivity index (χ4v) is 6.93. The Bertz CT molecular complexity index is 2010. The molecule has 9 nitrogen and oxygen atoms in total. The van der Waals surface area contributed by atoms with Gasteiger partial charge in [0.2, 0.25) is 0 Å². The molecule has 0 atom stereocenters. The van der Waals surface area contributed by atoms with Crippen molar-refractivity contribution in [3.8, 4) is 11.1 Å². The van der Waals surface area contributed by atoms with E-state index in [2.05, 4.69) is 21.3 Å². The maximum atomic E-state index is 15.3. The van der Waals surface area contributed by atoms with Crippen molar-refractivity contribution in [1.29, 1.82) is 0 Å². The number of unbranched alkanes of at least 4 members (excludes halogenated alkanes) is 2. The molecule has 0 saturated heterocycles. The van der Waals surface area contributed by atoms with Gasteiger partial charge in [0.25, 0.3) is 5.56 Å². The highest BCUT2D eigenvalue weighted by Gasteiger charge is 2.31. The zero-order valence-electron chi connectivity index (χ0n) is 28.6. The van der Waals surface area contributed by atoms with Crippen LogP contribution in [0.1, 0.15) is 44.2 Å². The van der Waals surface area contributed by atoms with E-state index in [-0.39, 0.29) is 17.9 Å². The molecule has 258 valence electrons. The number of nitrogens with one attached hydrogen (secondary N) is 1. The molecule has 0 fully saturated rings. The van der Waals surface area contributed by atoms with Crippen LogP contribution in [0.15, 0.2) is 70.7 Å². The summed E-state index contributed by atoms with van der Waals surface area (Å²) in [6.07, 6.45) is 8.34. The summed E-state index contributed by atoms with van der Waals surface area (Å²) < 4.78 is 32.7. The summed E-state index contributed by atoms with van der Waals surface area (Å²) in [7, 11) is 3.77. The highest BCUT2D eigenvalue weighted by atomic mass is 32.2. The first-order valence-electron chi connectivity index (χ1n) is 16.5. The lowest BCUT2D eigenvalue weighted by Gasteiger charge is -2.32. The van der Waals surface area contributed by atoms with Crippen LogP contribution in [0, 0.1) is 18.6 Å². The van der Waals surface area contributed by atoms with Crippen LogP contribution < -0.4 is 26.4 Å². The molecule has 0 saturated carbocycles. The Morgan fingerprint density at radius 3 is 2.47 bits per heavy atom. The van der Waals surface area contributed by atoms with Gasteiger partial charge in [0.15, 0.2) is 11.6 Å². The molecule has 0 aliphatic carbocycles. The number of anilines is 4. The van der Waals surface area contributed by atoms with Gasteiger partial charge in [0.05, 0.1) is 29.8 Å². The Morgan fingerprint density at radius 1 is 1.02 bits per heavy atom. The molecular formula is C37H43F2N7O2S. The van der Waals surface area contributed by atoms with Crippen LogP contribution >= 0.6 is 11.9 Å². The number of aromatic nitrogens is 3. The van der Waals surface area contributed by atoms with E-state index in [0.29, 0.717) is 18.5 Å². The highest BCUT2D eigenvalue weighted by Crippen LogP contribution is 2.48. The number of fused-ring (bicyclic) bond motifs is 3. The van der Waals surface area contributed by atoms with Crippen molar-refractivity contribution in [2.75, 3.05) is 41.8 Å². The van der Waals surface area contributed by atoms with Crippen molar-refractivity contribution in [3.05, 3.63) is 94.2 Å². The lowest BCUT2D eigenvalue weighted by Crippen LogP contribution is -2.31. The number of pyridine rings is 2. The van der Waals surface area contributed by atoms with Gasteiger partial charge < -0.3 is 30.2 Å². The van der Waals surface area contributed by atoms with Crippen molar-refractivity contribution in [1.82, 2.24) is 13.5 Å². The maximum absolute atomic E-state index is 15.3. The normalized spacial score (nSPS) is 12.9. The van der Waals surface area contributed by atoms with Gasteiger partial charge in [0, 0.05) is 73.5 Å². The van der Waals surface area contributed by atoms with E-state index in [9.17, 15) is 14.0 Å². The van der Waals surface area contributed by atoms with Crippen LogP contribution in [-0.2, 0) is 18.4 Å². The Balaban J connectivity index is 0.000000466. The average molecular weight is 688 g/mol. The van der Waals surface area contributed by atoms with Crippen LogP contribution in [-0.4, -0.2) is 46.5 Å². The first-order chi connectivity index (χ1) is 23.7. The number of nitrogens with zero attached hydrogens (tertiary/aromatic N) is 5. The average Bonchev–Trinajstić information content (AvgIpc) is 3.39. The zero-order chi connectivity index (χ0) is 35.2. The van der Waals surface area contributed by atoms with Crippen molar-refractivity contribution < 1.29 is 13.6 Å². The molecule has 12 heteroatoms. The number of hydrogen-bond acceptors (Lipinski definition) is 8. The van der Waals surface area contributed by atoms with Gasteiger partial charge in [-0.15, -0.1) is 0 Å². The summed E-state index contributed by atoms with van der Waals surface area (Å²) in [5, 5.41) is 4.30. The molecule has 0 spiro atoms. The smallest absolute Gasteiger partial charge is 0.275 e. The molecule has 5 heterocycles. The molecule has 2 aliphatic heterocycles. The Labute approximate surface area is 289 Å². The molecule has 49 heavy (non-hydrogen) atoms. The quantitative estimate of drug-likeness (QED) is 0.135. The lowest BCUT2D eigenvalue weighted by atomic mass is 9.99. The molecule has 0 unspecified atom stereocenters. The zero-order valence-corrected chi connectivity index (χ0v) is 29.4. The van der Waals surface area contributed by atoms with Gasteiger partial charge >= 0.3 is 0 Å². The third kappa shape index (κ3) is 7.35. The maximum Gasteiger partial charge on any atom is 0.275 e. The van der Waals surface area contributed by atoms with Crippen molar-refractivity contribution in [2.24, 2.45) is 12.8 Å². The first-order valence-corrected chi connectivity index (χ1v) is 17.3.